The molecule has 3 heteroatoms. The third-order valence-electron chi connectivity index (χ3n) is 5.43. The van der Waals surface area contributed by atoms with Gasteiger partial charge in [-0.3, -0.25) is 0 Å². The van der Waals surface area contributed by atoms with Crippen LogP contribution < -0.4 is 20.4 Å². The molecule has 0 aliphatic heterocycles. The molecule has 0 saturated heterocycles. The molecule has 0 spiro atoms. The zero-order valence-electron chi connectivity index (χ0n) is 17.0. The average Bonchev–Trinajstić information content (AvgIpc) is 3.15. The van der Waals surface area contributed by atoms with Gasteiger partial charge < -0.3 is 0 Å². The maximum absolute atomic E-state index is 2.45. The van der Waals surface area contributed by atoms with Gasteiger partial charge in [-0.15, -0.1) is 0 Å². The number of pyridine rings is 1. The van der Waals surface area contributed by atoms with E-state index in [0.717, 1.165) is 6.54 Å². The Morgan fingerprint density at radius 2 is 1.20 bits per heavy atom. The molecule has 5 aromatic rings. The molecule has 3 aromatic carbocycles. The zero-order chi connectivity index (χ0) is 20.3. The zero-order valence-corrected chi connectivity index (χ0v) is 17.9. The van der Waals surface area contributed by atoms with Crippen LogP contribution in [0.1, 0.15) is 6.92 Å². The number of fused-ring (bicyclic) bond motifs is 1. The van der Waals surface area contributed by atoms with Gasteiger partial charge >= 0.3 is 0 Å². The highest BCUT2D eigenvalue weighted by atomic mass is 31.1. The molecule has 2 aromatic heterocycles. The van der Waals surface area contributed by atoms with Crippen molar-refractivity contribution in [3.63, 3.8) is 0 Å². The number of hydrogen-bond donors (Lipinski definition) is 0. The molecule has 0 aliphatic carbocycles. The second-order valence-corrected chi connectivity index (χ2v) is 9.35. The molecular formula is C27H24N2P+. The van der Waals surface area contributed by atoms with Crippen molar-refractivity contribution in [1.29, 1.82) is 0 Å². The molecule has 0 amide bonds. The van der Waals surface area contributed by atoms with Crippen molar-refractivity contribution in [2.24, 2.45) is 0 Å². The minimum absolute atomic E-state index is 0.733. The fourth-order valence-electron chi connectivity index (χ4n) is 4.15. The Hall–Kier alpha value is -3.22. The van der Waals surface area contributed by atoms with E-state index in [1.165, 1.54) is 32.9 Å². The van der Waals surface area contributed by atoms with Crippen molar-refractivity contribution < 1.29 is 4.40 Å². The quantitative estimate of drug-likeness (QED) is 0.296. The maximum atomic E-state index is 2.45. The number of rotatable bonds is 5. The van der Waals surface area contributed by atoms with Crippen LogP contribution in [0.25, 0.3) is 16.9 Å². The van der Waals surface area contributed by atoms with Crippen LogP contribution in [-0.2, 0) is 6.54 Å². The van der Waals surface area contributed by atoms with Gasteiger partial charge in [0.05, 0.1) is 12.7 Å². The third-order valence-corrected chi connectivity index (χ3v) is 7.91. The van der Waals surface area contributed by atoms with Crippen molar-refractivity contribution in [2.75, 3.05) is 0 Å². The van der Waals surface area contributed by atoms with Crippen molar-refractivity contribution in [1.82, 2.24) is 4.57 Å². The summed E-state index contributed by atoms with van der Waals surface area (Å²) in [6.07, 6.45) is 2.21. The van der Waals surface area contributed by atoms with E-state index in [1.54, 1.807) is 0 Å². The summed E-state index contributed by atoms with van der Waals surface area (Å²) in [5.74, 6) is 0. The topological polar surface area (TPSA) is 9.03 Å². The van der Waals surface area contributed by atoms with Crippen LogP contribution in [0.5, 0.6) is 0 Å². The lowest BCUT2D eigenvalue weighted by Crippen LogP contribution is -2.40. The number of benzene rings is 3. The highest BCUT2D eigenvalue weighted by Gasteiger charge is 2.33. The van der Waals surface area contributed by atoms with E-state index in [2.05, 4.69) is 131 Å². The predicted octanol–water partition coefficient (Wildman–Crippen LogP) is 4.67. The first-order valence-electron chi connectivity index (χ1n) is 10.4. The fourth-order valence-corrected chi connectivity index (χ4v) is 6.72. The van der Waals surface area contributed by atoms with E-state index in [9.17, 15) is 0 Å². The molecule has 0 aliphatic rings. The van der Waals surface area contributed by atoms with Gasteiger partial charge in [0.25, 0.3) is 5.65 Å². The first-order valence-corrected chi connectivity index (χ1v) is 11.7. The Morgan fingerprint density at radius 1 is 0.667 bits per heavy atom. The Kier molecular flexibility index (Phi) is 5.17. The third kappa shape index (κ3) is 3.24. The molecule has 0 bridgehead atoms. The minimum Gasteiger partial charge on any atom is -0.223 e. The SMILES string of the molecule is CCn1c(-c2ccccc2)c(P(c2ccccc2)c2ccccc2)[n+]2ccccc12. The number of nitrogens with zero attached hydrogens (tertiary/aromatic N) is 2. The van der Waals surface area contributed by atoms with E-state index >= 15 is 0 Å². The second-order valence-electron chi connectivity index (χ2n) is 7.22. The largest absolute Gasteiger partial charge is 0.287 e. The Balaban J connectivity index is 1.90. The molecular weight excluding hydrogens is 383 g/mol. The molecule has 0 saturated carbocycles. The Labute approximate surface area is 178 Å². The van der Waals surface area contributed by atoms with E-state index in [1.807, 2.05) is 0 Å². The van der Waals surface area contributed by atoms with Gasteiger partial charge in [0.1, 0.15) is 0 Å². The average molecular weight is 407 g/mol. The van der Waals surface area contributed by atoms with Crippen molar-refractivity contribution in [3.05, 3.63) is 115 Å². The highest BCUT2D eigenvalue weighted by Crippen LogP contribution is 2.36. The summed E-state index contributed by atoms with van der Waals surface area (Å²) in [4.78, 5) is 0. The molecule has 30 heavy (non-hydrogen) atoms. The van der Waals surface area contributed by atoms with Gasteiger partial charge in [0, 0.05) is 19.6 Å². The molecule has 146 valence electrons. The summed E-state index contributed by atoms with van der Waals surface area (Å²) >= 11 is 0. The summed E-state index contributed by atoms with van der Waals surface area (Å²) in [6.45, 7) is 3.15. The highest BCUT2D eigenvalue weighted by molar-refractivity contribution is 7.79. The number of hydrogen-bond acceptors (Lipinski definition) is 0. The molecule has 0 atom stereocenters. The normalized spacial score (nSPS) is 11.3. The summed E-state index contributed by atoms with van der Waals surface area (Å²) < 4.78 is 4.85. The smallest absolute Gasteiger partial charge is 0.223 e. The lowest BCUT2D eigenvalue weighted by atomic mass is 10.2. The number of aryl methyl sites for hydroxylation is 1. The first kappa shape index (κ1) is 18.8. The second kappa shape index (κ2) is 8.26. The van der Waals surface area contributed by atoms with E-state index < -0.39 is 7.92 Å². The van der Waals surface area contributed by atoms with Crippen molar-refractivity contribution in [2.45, 2.75) is 13.5 Å². The van der Waals surface area contributed by atoms with Crippen LogP contribution in [-0.4, -0.2) is 4.57 Å². The molecule has 0 fully saturated rings. The molecule has 0 N–H and O–H groups in total. The summed E-state index contributed by atoms with van der Waals surface area (Å²) in [6, 6.07) is 39.2. The minimum atomic E-state index is -0.733. The van der Waals surface area contributed by atoms with Crippen LogP contribution in [0.4, 0.5) is 0 Å². The summed E-state index contributed by atoms with van der Waals surface area (Å²) in [5, 5.41) is 2.73. The monoisotopic (exact) mass is 407 g/mol. The van der Waals surface area contributed by atoms with E-state index in [0.29, 0.717) is 0 Å². The molecule has 0 radical (unpaired) electrons. The molecule has 0 unspecified atom stereocenters. The predicted molar refractivity (Wildman–Crippen MR) is 127 cm³/mol. The van der Waals surface area contributed by atoms with Gasteiger partial charge in [0.2, 0.25) is 0 Å². The van der Waals surface area contributed by atoms with Crippen molar-refractivity contribution in [3.8, 4) is 11.3 Å². The summed E-state index contributed by atoms with van der Waals surface area (Å²) in [7, 11) is -0.733. The van der Waals surface area contributed by atoms with Crippen LogP contribution in [0.15, 0.2) is 115 Å². The van der Waals surface area contributed by atoms with Crippen LogP contribution >= 0.6 is 7.92 Å². The Morgan fingerprint density at radius 3 is 1.77 bits per heavy atom. The van der Waals surface area contributed by atoms with Gasteiger partial charge in [-0.25, -0.2) is 4.57 Å². The first-order chi connectivity index (χ1) is 14.9. The maximum Gasteiger partial charge on any atom is 0.287 e. The number of imidazole rings is 1. The lowest BCUT2D eigenvalue weighted by Gasteiger charge is -2.17. The van der Waals surface area contributed by atoms with Gasteiger partial charge in [-0.1, -0.05) is 97.1 Å². The number of aromatic nitrogens is 2. The van der Waals surface area contributed by atoms with E-state index in [4.69, 9.17) is 0 Å². The Bertz CT molecular complexity index is 1220. The molecule has 2 nitrogen and oxygen atoms in total. The fraction of sp³-hybridized carbons (Fsp3) is 0.0741. The molecule has 2 heterocycles. The van der Waals surface area contributed by atoms with Crippen LogP contribution in [0, 0.1) is 0 Å². The van der Waals surface area contributed by atoms with Gasteiger partial charge in [-0.05, 0) is 23.6 Å². The van der Waals surface area contributed by atoms with Gasteiger partial charge in [0.15, 0.2) is 11.1 Å². The molecule has 5 rings (SSSR count). The standard InChI is InChI=1S/C27H24N2P/c1-2-28-25-20-12-13-21-29(25)27(26(28)22-14-6-3-7-15-22)30(23-16-8-4-9-17-23)24-18-10-5-11-19-24/h3-21H,2H2,1H3/q+1. The summed E-state index contributed by atoms with van der Waals surface area (Å²) in [5.41, 5.74) is 5.17. The van der Waals surface area contributed by atoms with Crippen LogP contribution in [0.3, 0.4) is 0 Å². The van der Waals surface area contributed by atoms with Crippen LogP contribution in [0.2, 0.25) is 0 Å². The van der Waals surface area contributed by atoms with Crippen molar-refractivity contribution >= 4 is 29.6 Å². The lowest BCUT2D eigenvalue weighted by molar-refractivity contribution is -0.490. The van der Waals surface area contributed by atoms with E-state index in [-0.39, 0.29) is 0 Å². The van der Waals surface area contributed by atoms with Gasteiger partial charge in [-0.2, -0.15) is 4.40 Å².